The molecule has 0 amide bonds. The number of methoxy groups -OCH3 is 1. The van der Waals surface area contributed by atoms with E-state index in [1.54, 1.807) is 30.3 Å². The fourth-order valence-corrected chi connectivity index (χ4v) is 3.89. The monoisotopic (exact) mass is 474 g/mol. The van der Waals surface area contributed by atoms with Crippen LogP contribution in [-0.4, -0.2) is 21.7 Å². The molecule has 0 saturated heterocycles. The van der Waals surface area contributed by atoms with Gasteiger partial charge in [0, 0.05) is 0 Å². The van der Waals surface area contributed by atoms with Crippen molar-refractivity contribution in [1.82, 2.24) is 4.83 Å². The number of halogens is 1. The van der Waals surface area contributed by atoms with E-state index >= 15 is 0 Å². The number of hydrazone groups is 1. The van der Waals surface area contributed by atoms with Crippen LogP contribution in [0, 0.1) is 0 Å². The molecule has 3 aromatic carbocycles. The molecule has 0 aliphatic rings. The summed E-state index contributed by atoms with van der Waals surface area (Å²) in [6.07, 6.45) is 1.40. The van der Waals surface area contributed by atoms with Gasteiger partial charge in [-0.25, -0.2) is 4.83 Å². The highest BCUT2D eigenvalue weighted by molar-refractivity contribution is 9.10. The van der Waals surface area contributed by atoms with Crippen molar-refractivity contribution in [2.75, 3.05) is 7.11 Å². The number of nitrogens with one attached hydrogen (secondary N) is 1. The maximum absolute atomic E-state index is 12.2. The highest BCUT2D eigenvalue weighted by Gasteiger charge is 2.13. The average molecular weight is 475 g/mol. The number of hydrogen-bond donors (Lipinski definition) is 1. The molecule has 0 saturated carbocycles. The first-order valence-corrected chi connectivity index (χ1v) is 10.9. The van der Waals surface area contributed by atoms with Crippen molar-refractivity contribution < 1.29 is 17.9 Å². The summed E-state index contributed by atoms with van der Waals surface area (Å²) < 4.78 is 36.4. The van der Waals surface area contributed by atoms with Crippen molar-refractivity contribution in [3.05, 3.63) is 88.4 Å². The maximum Gasteiger partial charge on any atom is 0.276 e. The Labute approximate surface area is 178 Å². The molecular weight excluding hydrogens is 456 g/mol. The Balaban J connectivity index is 1.73. The number of ether oxygens (including phenoxy) is 2. The van der Waals surface area contributed by atoms with E-state index in [-0.39, 0.29) is 4.90 Å². The highest BCUT2D eigenvalue weighted by Crippen LogP contribution is 2.36. The predicted molar refractivity (Wildman–Crippen MR) is 116 cm³/mol. The number of rotatable bonds is 8. The minimum absolute atomic E-state index is 0.139. The maximum atomic E-state index is 12.2. The molecule has 0 aliphatic carbocycles. The largest absolute Gasteiger partial charge is 0.493 e. The van der Waals surface area contributed by atoms with Gasteiger partial charge in [0.1, 0.15) is 6.61 Å². The summed E-state index contributed by atoms with van der Waals surface area (Å²) >= 11 is 3.48. The third-order valence-corrected chi connectivity index (χ3v) is 5.75. The van der Waals surface area contributed by atoms with Crippen LogP contribution in [-0.2, 0) is 16.6 Å². The van der Waals surface area contributed by atoms with Gasteiger partial charge in [-0.05, 0) is 51.3 Å². The predicted octanol–water partition coefficient (Wildman–Crippen LogP) is 4.35. The standard InChI is InChI=1S/C21H19BrN2O4S/c1-27-20-13-17(14-23-24-29(25,26)18-10-6-3-7-11-18)12-19(22)21(20)28-15-16-8-4-2-5-9-16/h2-14,24H,15H2,1H3/b23-14-. The van der Waals surface area contributed by atoms with Gasteiger partial charge in [-0.3, -0.25) is 0 Å². The zero-order valence-electron chi connectivity index (χ0n) is 15.6. The Morgan fingerprint density at radius 1 is 1.03 bits per heavy atom. The van der Waals surface area contributed by atoms with Gasteiger partial charge in [0.15, 0.2) is 11.5 Å². The Bertz CT molecular complexity index is 1090. The third kappa shape index (κ3) is 5.58. The van der Waals surface area contributed by atoms with Crippen LogP contribution in [0.25, 0.3) is 0 Å². The van der Waals surface area contributed by atoms with E-state index in [1.807, 2.05) is 30.3 Å². The molecule has 3 rings (SSSR count). The molecule has 29 heavy (non-hydrogen) atoms. The molecule has 0 spiro atoms. The van der Waals surface area contributed by atoms with E-state index in [0.717, 1.165) is 5.56 Å². The number of nitrogens with zero attached hydrogens (tertiary/aromatic N) is 1. The Kier molecular flexibility index (Phi) is 6.90. The third-order valence-electron chi connectivity index (χ3n) is 3.92. The molecule has 0 fully saturated rings. The van der Waals surface area contributed by atoms with Crippen LogP contribution >= 0.6 is 15.9 Å². The second-order valence-corrected chi connectivity index (χ2v) is 8.49. The lowest BCUT2D eigenvalue weighted by Gasteiger charge is -2.13. The molecule has 150 valence electrons. The lowest BCUT2D eigenvalue weighted by Crippen LogP contribution is -2.18. The summed E-state index contributed by atoms with van der Waals surface area (Å²) in [7, 11) is -2.18. The lowest BCUT2D eigenvalue weighted by atomic mass is 10.2. The quantitative estimate of drug-likeness (QED) is 0.388. The lowest BCUT2D eigenvalue weighted by molar-refractivity contribution is 0.282. The van der Waals surface area contributed by atoms with Crippen LogP contribution in [0.15, 0.2) is 87.3 Å². The highest BCUT2D eigenvalue weighted by atomic mass is 79.9. The van der Waals surface area contributed by atoms with Gasteiger partial charge in [-0.2, -0.15) is 13.5 Å². The van der Waals surface area contributed by atoms with Gasteiger partial charge >= 0.3 is 0 Å². The van der Waals surface area contributed by atoms with E-state index in [1.165, 1.54) is 25.5 Å². The second kappa shape index (κ2) is 9.58. The van der Waals surface area contributed by atoms with Crippen molar-refractivity contribution >= 4 is 32.2 Å². The van der Waals surface area contributed by atoms with E-state index in [9.17, 15) is 8.42 Å². The van der Waals surface area contributed by atoms with Crippen LogP contribution in [0.2, 0.25) is 0 Å². The summed E-state index contributed by atoms with van der Waals surface area (Å²) in [5, 5.41) is 3.85. The Hall–Kier alpha value is -2.84. The van der Waals surface area contributed by atoms with Crippen LogP contribution < -0.4 is 14.3 Å². The molecule has 1 N–H and O–H groups in total. The number of benzene rings is 3. The van der Waals surface area contributed by atoms with E-state index in [2.05, 4.69) is 25.9 Å². The minimum atomic E-state index is -3.72. The summed E-state index contributed by atoms with van der Waals surface area (Å²) in [6, 6.07) is 21.3. The van der Waals surface area contributed by atoms with Crippen molar-refractivity contribution in [2.24, 2.45) is 5.10 Å². The molecular formula is C21H19BrN2O4S. The first-order chi connectivity index (χ1) is 14.0. The van der Waals surface area contributed by atoms with Crippen LogP contribution in [0.5, 0.6) is 11.5 Å². The Morgan fingerprint density at radius 3 is 2.34 bits per heavy atom. The molecule has 8 heteroatoms. The molecule has 3 aromatic rings. The van der Waals surface area contributed by atoms with Crippen LogP contribution in [0.1, 0.15) is 11.1 Å². The first kappa shape index (κ1) is 20.9. The topological polar surface area (TPSA) is 77.0 Å². The zero-order chi connectivity index (χ0) is 20.7. The molecule has 6 nitrogen and oxygen atoms in total. The fourth-order valence-electron chi connectivity index (χ4n) is 2.51. The summed E-state index contributed by atoms with van der Waals surface area (Å²) in [5.41, 5.74) is 1.67. The van der Waals surface area contributed by atoms with E-state index < -0.39 is 10.0 Å². The van der Waals surface area contributed by atoms with E-state index in [4.69, 9.17) is 9.47 Å². The van der Waals surface area contributed by atoms with Crippen LogP contribution in [0.3, 0.4) is 0 Å². The van der Waals surface area contributed by atoms with E-state index in [0.29, 0.717) is 28.1 Å². The van der Waals surface area contributed by atoms with Gasteiger partial charge in [0.05, 0.1) is 22.7 Å². The molecule has 0 aliphatic heterocycles. The summed E-state index contributed by atoms with van der Waals surface area (Å²) in [5.74, 6) is 1.06. The smallest absolute Gasteiger partial charge is 0.276 e. The van der Waals surface area contributed by atoms with Gasteiger partial charge in [0.25, 0.3) is 10.0 Å². The molecule has 0 aromatic heterocycles. The summed E-state index contributed by atoms with van der Waals surface area (Å²) in [6.45, 7) is 0.389. The number of sulfonamides is 1. The summed E-state index contributed by atoms with van der Waals surface area (Å²) in [4.78, 5) is 2.34. The SMILES string of the molecule is COc1cc(/C=N\NS(=O)(=O)c2ccccc2)cc(Br)c1OCc1ccccc1. The average Bonchev–Trinajstić information content (AvgIpc) is 2.74. The van der Waals surface area contributed by atoms with Crippen LogP contribution in [0.4, 0.5) is 0 Å². The minimum Gasteiger partial charge on any atom is -0.493 e. The molecule has 0 radical (unpaired) electrons. The fraction of sp³-hybridized carbons (Fsp3) is 0.0952. The van der Waals surface area contributed by atoms with Crippen molar-refractivity contribution in [1.29, 1.82) is 0 Å². The molecule has 0 bridgehead atoms. The molecule has 0 unspecified atom stereocenters. The second-order valence-electron chi connectivity index (χ2n) is 5.97. The van der Waals surface area contributed by atoms with Gasteiger partial charge in [-0.1, -0.05) is 48.5 Å². The molecule has 0 atom stereocenters. The van der Waals surface area contributed by atoms with Crippen molar-refractivity contribution in [3.63, 3.8) is 0 Å². The number of hydrogen-bond acceptors (Lipinski definition) is 5. The van der Waals surface area contributed by atoms with Crippen molar-refractivity contribution in [2.45, 2.75) is 11.5 Å². The zero-order valence-corrected chi connectivity index (χ0v) is 18.0. The Morgan fingerprint density at radius 2 is 1.69 bits per heavy atom. The van der Waals surface area contributed by atoms with Gasteiger partial charge in [-0.15, -0.1) is 0 Å². The van der Waals surface area contributed by atoms with Gasteiger partial charge in [0.2, 0.25) is 0 Å². The van der Waals surface area contributed by atoms with Gasteiger partial charge < -0.3 is 9.47 Å². The first-order valence-electron chi connectivity index (χ1n) is 8.64. The molecule has 0 heterocycles. The normalized spacial score (nSPS) is 11.4. The van der Waals surface area contributed by atoms with Crippen molar-refractivity contribution in [3.8, 4) is 11.5 Å².